The second-order valence-electron chi connectivity index (χ2n) is 6.81. The number of aromatic nitrogens is 1. The quantitative estimate of drug-likeness (QED) is 0.945. The minimum Gasteiger partial charge on any atom is -0.488 e. The molecule has 4 heteroatoms. The first kappa shape index (κ1) is 14.8. The summed E-state index contributed by atoms with van der Waals surface area (Å²) in [6.45, 7) is 7.35. The standard InChI is InChI=1S/C19H25N3O/c1-14-2-3-17-16(12-14)19-18(13-21-17)23-11-10-22(19)9-6-15-4-7-20-8-5-15/h2-3,12-13,15,20H,4-11H2,1H3. The molecular formula is C19H25N3O. The first-order chi connectivity index (χ1) is 11.3. The van der Waals surface area contributed by atoms with Gasteiger partial charge in [0.2, 0.25) is 0 Å². The van der Waals surface area contributed by atoms with Crippen LogP contribution in [-0.4, -0.2) is 37.8 Å². The fourth-order valence-electron chi connectivity index (χ4n) is 3.82. The first-order valence-corrected chi connectivity index (χ1v) is 8.79. The number of hydrogen-bond donors (Lipinski definition) is 1. The Bertz CT molecular complexity index is 694. The lowest BCUT2D eigenvalue weighted by atomic mass is 9.94. The third-order valence-electron chi connectivity index (χ3n) is 5.16. The second kappa shape index (κ2) is 6.36. The zero-order valence-corrected chi connectivity index (χ0v) is 13.8. The molecule has 1 fully saturated rings. The molecule has 1 saturated heterocycles. The fourth-order valence-corrected chi connectivity index (χ4v) is 3.82. The van der Waals surface area contributed by atoms with Crippen LogP contribution in [0.15, 0.2) is 24.4 Å². The van der Waals surface area contributed by atoms with E-state index in [1.54, 1.807) is 0 Å². The summed E-state index contributed by atoms with van der Waals surface area (Å²) in [5.41, 5.74) is 3.59. The summed E-state index contributed by atoms with van der Waals surface area (Å²) < 4.78 is 5.88. The van der Waals surface area contributed by atoms with Gasteiger partial charge in [-0.15, -0.1) is 0 Å². The van der Waals surface area contributed by atoms with E-state index in [0.717, 1.165) is 36.9 Å². The van der Waals surface area contributed by atoms with E-state index in [9.17, 15) is 0 Å². The highest BCUT2D eigenvalue weighted by Gasteiger charge is 2.23. The maximum atomic E-state index is 5.88. The van der Waals surface area contributed by atoms with E-state index in [0.29, 0.717) is 0 Å². The van der Waals surface area contributed by atoms with Crippen LogP contribution in [0.3, 0.4) is 0 Å². The third kappa shape index (κ3) is 3.00. The smallest absolute Gasteiger partial charge is 0.161 e. The topological polar surface area (TPSA) is 37.4 Å². The van der Waals surface area contributed by atoms with Gasteiger partial charge in [-0.05, 0) is 57.3 Å². The van der Waals surface area contributed by atoms with Crippen LogP contribution in [0, 0.1) is 12.8 Å². The Kier molecular flexibility index (Phi) is 4.08. The number of anilines is 1. The van der Waals surface area contributed by atoms with Crippen LogP contribution in [-0.2, 0) is 0 Å². The molecule has 0 amide bonds. The van der Waals surface area contributed by atoms with Crippen molar-refractivity contribution in [1.29, 1.82) is 0 Å². The average molecular weight is 311 g/mol. The fraction of sp³-hybridized carbons (Fsp3) is 0.526. The van der Waals surface area contributed by atoms with Gasteiger partial charge < -0.3 is 15.0 Å². The molecule has 0 aliphatic carbocycles. The van der Waals surface area contributed by atoms with Crippen LogP contribution in [0.5, 0.6) is 5.75 Å². The van der Waals surface area contributed by atoms with Gasteiger partial charge in [0.1, 0.15) is 6.61 Å². The lowest BCUT2D eigenvalue weighted by Crippen LogP contribution is -2.36. The number of aryl methyl sites for hydroxylation is 1. The molecule has 1 aromatic heterocycles. The summed E-state index contributed by atoms with van der Waals surface area (Å²) in [4.78, 5) is 7.08. The summed E-state index contributed by atoms with van der Waals surface area (Å²) in [5.74, 6) is 1.80. The molecule has 1 aromatic carbocycles. The normalized spacial score (nSPS) is 18.7. The lowest BCUT2D eigenvalue weighted by Gasteiger charge is -2.34. The van der Waals surface area contributed by atoms with Gasteiger partial charge in [0.15, 0.2) is 5.75 Å². The van der Waals surface area contributed by atoms with E-state index < -0.39 is 0 Å². The molecule has 2 aliphatic heterocycles. The zero-order chi connectivity index (χ0) is 15.6. The molecule has 3 heterocycles. The first-order valence-electron chi connectivity index (χ1n) is 8.79. The SMILES string of the molecule is Cc1ccc2ncc3c(c2c1)N(CCC1CCNCC1)CCO3. The van der Waals surface area contributed by atoms with Crippen LogP contribution in [0.25, 0.3) is 10.9 Å². The van der Waals surface area contributed by atoms with Crippen LogP contribution in [0.1, 0.15) is 24.8 Å². The Labute approximate surface area is 137 Å². The molecule has 122 valence electrons. The Morgan fingerprint density at radius 2 is 2.17 bits per heavy atom. The minimum atomic E-state index is 0.762. The van der Waals surface area contributed by atoms with Gasteiger partial charge in [0, 0.05) is 11.9 Å². The van der Waals surface area contributed by atoms with E-state index >= 15 is 0 Å². The van der Waals surface area contributed by atoms with Crippen molar-refractivity contribution < 1.29 is 4.74 Å². The summed E-state index contributed by atoms with van der Waals surface area (Å²) >= 11 is 0. The van der Waals surface area contributed by atoms with E-state index in [4.69, 9.17) is 4.74 Å². The van der Waals surface area contributed by atoms with Crippen molar-refractivity contribution in [2.75, 3.05) is 37.7 Å². The molecule has 0 unspecified atom stereocenters. The van der Waals surface area contributed by atoms with Crippen molar-refractivity contribution in [2.45, 2.75) is 26.2 Å². The molecule has 1 N–H and O–H groups in total. The minimum absolute atomic E-state index is 0.762. The maximum Gasteiger partial charge on any atom is 0.161 e. The number of pyridine rings is 1. The summed E-state index contributed by atoms with van der Waals surface area (Å²) in [7, 11) is 0. The average Bonchev–Trinajstić information content (AvgIpc) is 2.60. The molecule has 0 spiro atoms. The van der Waals surface area contributed by atoms with Crippen LogP contribution >= 0.6 is 0 Å². The molecule has 2 aliphatic rings. The van der Waals surface area contributed by atoms with Crippen molar-refractivity contribution in [3.8, 4) is 5.75 Å². The second-order valence-corrected chi connectivity index (χ2v) is 6.81. The predicted molar refractivity (Wildman–Crippen MR) is 94.4 cm³/mol. The van der Waals surface area contributed by atoms with Crippen molar-refractivity contribution in [3.05, 3.63) is 30.0 Å². The highest BCUT2D eigenvalue weighted by Crippen LogP contribution is 2.38. The largest absolute Gasteiger partial charge is 0.488 e. The van der Waals surface area contributed by atoms with Gasteiger partial charge in [-0.2, -0.15) is 0 Å². The molecule has 23 heavy (non-hydrogen) atoms. The molecular weight excluding hydrogens is 286 g/mol. The summed E-state index contributed by atoms with van der Waals surface area (Å²) in [5, 5.41) is 4.69. The Morgan fingerprint density at radius 3 is 3.04 bits per heavy atom. The summed E-state index contributed by atoms with van der Waals surface area (Å²) in [6, 6.07) is 6.49. The number of piperidine rings is 1. The van der Waals surface area contributed by atoms with E-state index in [1.807, 2.05) is 6.20 Å². The number of fused-ring (bicyclic) bond motifs is 3. The number of hydrogen-bond acceptors (Lipinski definition) is 4. The number of rotatable bonds is 3. The summed E-state index contributed by atoms with van der Waals surface area (Å²) in [6.07, 6.45) is 5.79. The van der Waals surface area contributed by atoms with Crippen molar-refractivity contribution in [1.82, 2.24) is 10.3 Å². The van der Waals surface area contributed by atoms with Gasteiger partial charge in [0.05, 0.1) is 23.9 Å². The van der Waals surface area contributed by atoms with Crippen LogP contribution < -0.4 is 15.0 Å². The van der Waals surface area contributed by atoms with Gasteiger partial charge in [-0.3, -0.25) is 4.98 Å². The Balaban J connectivity index is 1.62. The third-order valence-corrected chi connectivity index (χ3v) is 5.16. The van der Waals surface area contributed by atoms with Gasteiger partial charge in [-0.1, -0.05) is 11.6 Å². The van der Waals surface area contributed by atoms with Crippen molar-refractivity contribution in [2.24, 2.45) is 5.92 Å². The lowest BCUT2D eigenvalue weighted by molar-refractivity contribution is 0.300. The van der Waals surface area contributed by atoms with Crippen LogP contribution in [0.2, 0.25) is 0 Å². The molecule has 2 aromatic rings. The highest BCUT2D eigenvalue weighted by atomic mass is 16.5. The Morgan fingerprint density at radius 1 is 1.30 bits per heavy atom. The Hall–Kier alpha value is -1.81. The number of ether oxygens (including phenoxy) is 1. The van der Waals surface area contributed by atoms with E-state index in [1.165, 1.54) is 49.0 Å². The van der Waals surface area contributed by atoms with Gasteiger partial charge >= 0.3 is 0 Å². The van der Waals surface area contributed by atoms with Gasteiger partial charge in [-0.25, -0.2) is 0 Å². The van der Waals surface area contributed by atoms with E-state index in [2.05, 4.69) is 40.3 Å². The predicted octanol–water partition coefficient (Wildman–Crippen LogP) is 3.13. The zero-order valence-electron chi connectivity index (χ0n) is 13.8. The number of nitrogens with one attached hydrogen (secondary N) is 1. The van der Waals surface area contributed by atoms with Crippen molar-refractivity contribution >= 4 is 16.6 Å². The molecule has 0 bridgehead atoms. The molecule has 0 radical (unpaired) electrons. The molecule has 4 nitrogen and oxygen atoms in total. The highest BCUT2D eigenvalue weighted by molar-refractivity contribution is 5.95. The van der Waals surface area contributed by atoms with Gasteiger partial charge in [0.25, 0.3) is 0 Å². The number of nitrogens with zero attached hydrogens (tertiary/aromatic N) is 2. The number of benzene rings is 1. The maximum absolute atomic E-state index is 5.88. The van der Waals surface area contributed by atoms with Crippen molar-refractivity contribution in [3.63, 3.8) is 0 Å². The molecule has 0 saturated carbocycles. The van der Waals surface area contributed by atoms with Crippen LogP contribution in [0.4, 0.5) is 5.69 Å². The molecule has 0 atom stereocenters. The monoisotopic (exact) mass is 311 g/mol. The van der Waals surface area contributed by atoms with E-state index in [-0.39, 0.29) is 0 Å². The molecule has 4 rings (SSSR count).